The molecule has 0 aliphatic heterocycles. The van der Waals surface area contributed by atoms with Crippen LogP contribution in [0.4, 0.5) is 5.69 Å². The Morgan fingerprint density at radius 2 is 1.89 bits per heavy atom. The molecule has 1 amide bonds. The van der Waals surface area contributed by atoms with Crippen molar-refractivity contribution in [3.8, 4) is 0 Å². The molecule has 0 saturated heterocycles. The zero-order chi connectivity index (χ0) is 19.6. The Morgan fingerprint density at radius 1 is 1.19 bits per heavy atom. The van der Waals surface area contributed by atoms with Gasteiger partial charge in [-0.25, -0.2) is 17.9 Å². The van der Waals surface area contributed by atoms with Gasteiger partial charge < -0.3 is 14.5 Å². The number of esters is 1. The molecule has 1 unspecified atom stereocenters. The fraction of sp³-hybridized carbons (Fsp3) is 0.333. The van der Waals surface area contributed by atoms with Gasteiger partial charge in [-0.15, -0.1) is 0 Å². The first-order valence-corrected chi connectivity index (χ1v) is 9.94. The summed E-state index contributed by atoms with van der Waals surface area (Å²) in [6, 6.07) is 9.50. The third kappa shape index (κ3) is 4.75. The van der Waals surface area contributed by atoms with E-state index < -0.39 is 28.0 Å². The maximum atomic E-state index is 12.2. The van der Waals surface area contributed by atoms with Crippen LogP contribution in [0.15, 0.2) is 45.9 Å². The number of carbonyl (C=O) groups is 2. The number of nitrogens with one attached hydrogen (secondary N) is 2. The highest BCUT2D eigenvalue weighted by molar-refractivity contribution is 7.89. The summed E-state index contributed by atoms with van der Waals surface area (Å²) in [5.74, 6) is -1.72. The lowest BCUT2D eigenvalue weighted by Crippen LogP contribution is -2.30. The zero-order valence-electron chi connectivity index (χ0n) is 14.9. The van der Waals surface area contributed by atoms with E-state index in [0.29, 0.717) is 5.69 Å². The highest BCUT2D eigenvalue weighted by Crippen LogP contribution is 2.23. The van der Waals surface area contributed by atoms with Gasteiger partial charge in [0.1, 0.15) is 0 Å². The fourth-order valence-electron chi connectivity index (χ4n) is 2.27. The maximum absolute atomic E-state index is 12.2. The molecule has 0 radical (unpaired) electrons. The van der Waals surface area contributed by atoms with E-state index in [0.717, 1.165) is 18.4 Å². The smallest absolute Gasteiger partial charge is 0.375 e. The van der Waals surface area contributed by atoms with Crippen molar-refractivity contribution in [3.05, 3.63) is 47.7 Å². The number of hydrogen-bond donors (Lipinski definition) is 2. The second-order valence-electron chi connectivity index (χ2n) is 6.37. The van der Waals surface area contributed by atoms with Gasteiger partial charge in [0.25, 0.3) is 15.9 Å². The van der Waals surface area contributed by atoms with Crippen LogP contribution in [0.1, 0.15) is 35.9 Å². The second kappa shape index (κ2) is 7.53. The van der Waals surface area contributed by atoms with Gasteiger partial charge in [0.15, 0.2) is 6.10 Å². The number of ether oxygens (including phenoxy) is 1. The van der Waals surface area contributed by atoms with Gasteiger partial charge in [-0.2, -0.15) is 0 Å². The molecule has 1 fully saturated rings. The molecule has 1 heterocycles. The first-order chi connectivity index (χ1) is 12.8. The van der Waals surface area contributed by atoms with Crippen molar-refractivity contribution in [2.24, 2.45) is 0 Å². The van der Waals surface area contributed by atoms with E-state index in [4.69, 9.17) is 9.15 Å². The Balaban J connectivity index is 1.61. The summed E-state index contributed by atoms with van der Waals surface area (Å²) >= 11 is 0. The van der Waals surface area contributed by atoms with E-state index in [2.05, 4.69) is 10.0 Å². The first-order valence-electron chi connectivity index (χ1n) is 8.46. The molecule has 1 aromatic carbocycles. The van der Waals surface area contributed by atoms with Crippen molar-refractivity contribution in [2.45, 2.75) is 43.9 Å². The number of aryl methyl sites for hydroxylation is 1. The van der Waals surface area contributed by atoms with Gasteiger partial charge in [0.2, 0.25) is 10.9 Å². The molecule has 144 valence electrons. The van der Waals surface area contributed by atoms with E-state index in [1.54, 1.807) is 12.1 Å². The molecule has 1 aromatic heterocycles. The summed E-state index contributed by atoms with van der Waals surface area (Å²) in [7, 11) is -3.80. The van der Waals surface area contributed by atoms with Crippen LogP contribution in [0, 0.1) is 6.92 Å². The average Bonchev–Trinajstić information content (AvgIpc) is 3.25. The predicted molar refractivity (Wildman–Crippen MR) is 96.7 cm³/mol. The van der Waals surface area contributed by atoms with Crippen molar-refractivity contribution >= 4 is 27.6 Å². The lowest BCUT2D eigenvalue weighted by molar-refractivity contribution is -0.123. The monoisotopic (exact) mass is 392 g/mol. The SMILES string of the molecule is Cc1ccccc1NC(=O)C(C)OC(=O)c1ccc(S(=O)(=O)NC2CC2)o1. The van der Waals surface area contributed by atoms with E-state index in [1.807, 2.05) is 19.1 Å². The number of rotatable bonds is 7. The molecule has 1 atom stereocenters. The van der Waals surface area contributed by atoms with Gasteiger partial charge in [-0.3, -0.25) is 4.79 Å². The fourth-order valence-corrected chi connectivity index (χ4v) is 3.51. The first kappa shape index (κ1) is 19.1. The number of sulfonamides is 1. The number of anilines is 1. The van der Waals surface area contributed by atoms with Gasteiger partial charge in [0, 0.05) is 11.7 Å². The normalized spacial score (nSPS) is 15.2. The molecule has 1 aliphatic carbocycles. The van der Waals surface area contributed by atoms with Crippen molar-refractivity contribution < 1.29 is 27.2 Å². The average molecular weight is 392 g/mol. The lowest BCUT2D eigenvalue weighted by atomic mass is 10.2. The highest BCUT2D eigenvalue weighted by Gasteiger charge is 2.31. The molecule has 9 heteroatoms. The van der Waals surface area contributed by atoms with Gasteiger partial charge in [-0.05, 0) is 50.5 Å². The summed E-state index contributed by atoms with van der Waals surface area (Å²) in [5.41, 5.74) is 1.48. The van der Waals surface area contributed by atoms with E-state index >= 15 is 0 Å². The van der Waals surface area contributed by atoms with Crippen molar-refractivity contribution in [3.63, 3.8) is 0 Å². The Hall–Kier alpha value is -2.65. The molecule has 27 heavy (non-hydrogen) atoms. The molecule has 3 rings (SSSR count). The van der Waals surface area contributed by atoms with Crippen LogP contribution < -0.4 is 10.0 Å². The molecule has 1 aliphatic rings. The number of furan rings is 1. The van der Waals surface area contributed by atoms with E-state index in [-0.39, 0.29) is 16.9 Å². The zero-order valence-corrected chi connectivity index (χ0v) is 15.7. The maximum Gasteiger partial charge on any atom is 0.375 e. The Kier molecular flexibility index (Phi) is 5.33. The number of benzene rings is 1. The Labute approximate surface area is 156 Å². The van der Waals surface area contributed by atoms with Crippen LogP contribution in [0.25, 0.3) is 0 Å². The summed E-state index contributed by atoms with van der Waals surface area (Å²) in [6.45, 7) is 3.26. The molecular weight excluding hydrogens is 372 g/mol. The van der Waals surface area contributed by atoms with Gasteiger partial charge >= 0.3 is 5.97 Å². The predicted octanol–water partition coefficient (Wildman–Crippen LogP) is 2.21. The molecule has 2 aromatic rings. The number of hydrogen-bond acceptors (Lipinski definition) is 6. The van der Waals surface area contributed by atoms with Crippen LogP contribution in [0.3, 0.4) is 0 Å². The Morgan fingerprint density at radius 3 is 2.56 bits per heavy atom. The van der Waals surface area contributed by atoms with Crippen molar-refractivity contribution in [1.29, 1.82) is 0 Å². The lowest BCUT2D eigenvalue weighted by Gasteiger charge is -2.14. The van der Waals surface area contributed by atoms with E-state index in [1.165, 1.54) is 19.1 Å². The third-order valence-electron chi connectivity index (χ3n) is 4.00. The molecule has 1 saturated carbocycles. The summed E-state index contributed by atoms with van der Waals surface area (Å²) in [6.07, 6.45) is 0.469. The van der Waals surface area contributed by atoms with Crippen LogP contribution in [0.5, 0.6) is 0 Å². The quantitative estimate of drug-likeness (QED) is 0.698. The van der Waals surface area contributed by atoms with Crippen LogP contribution in [-0.4, -0.2) is 32.4 Å². The minimum absolute atomic E-state index is 0.0827. The van der Waals surface area contributed by atoms with Crippen LogP contribution in [-0.2, 0) is 19.6 Å². The third-order valence-corrected chi connectivity index (χ3v) is 5.40. The minimum atomic E-state index is -3.80. The minimum Gasteiger partial charge on any atom is -0.447 e. The second-order valence-corrected chi connectivity index (χ2v) is 8.01. The standard InChI is InChI=1S/C18H20N2O6S/c1-11-5-3-4-6-14(11)19-17(21)12(2)25-18(22)15-9-10-16(26-15)27(23,24)20-13-7-8-13/h3-6,9-10,12-13,20H,7-8H2,1-2H3,(H,19,21). The van der Waals surface area contributed by atoms with E-state index in [9.17, 15) is 18.0 Å². The van der Waals surface area contributed by atoms with Gasteiger partial charge in [0.05, 0.1) is 0 Å². The highest BCUT2D eigenvalue weighted by atomic mass is 32.2. The van der Waals surface area contributed by atoms with Crippen LogP contribution in [0.2, 0.25) is 0 Å². The molecule has 0 spiro atoms. The van der Waals surface area contributed by atoms with Crippen LogP contribution >= 0.6 is 0 Å². The largest absolute Gasteiger partial charge is 0.447 e. The summed E-state index contributed by atoms with van der Waals surface area (Å²) in [4.78, 5) is 24.3. The summed E-state index contributed by atoms with van der Waals surface area (Å²) < 4.78 is 36.7. The molecule has 0 bridgehead atoms. The Bertz CT molecular complexity index is 962. The summed E-state index contributed by atoms with van der Waals surface area (Å²) in [5, 5.41) is 2.31. The molecule has 2 N–H and O–H groups in total. The molecule has 8 nitrogen and oxygen atoms in total. The van der Waals surface area contributed by atoms with Gasteiger partial charge in [-0.1, -0.05) is 18.2 Å². The van der Waals surface area contributed by atoms with Crippen molar-refractivity contribution in [2.75, 3.05) is 5.32 Å². The topological polar surface area (TPSA) is 115 Å². The number of amides is 1. The number of para-hydroxylation sites is 1. The molecular formula is C18H20N2O6S. The number of carbonyl (C=O) groups excluding carboxylic acids is 2. The van der Waals surface area contributed by atoms with Crippen molar-refractivity contribution in [1.82, 2.24) is 4.72 Å².